The SMILES string of the molecule is CNC(c1cscn1)c1nccn1C. The van der Waals surface area contributed by atoms with E-state index in [4.69, 9.17) is 0 Å². The van der Waals surface area contributed by atoms with Gasteiger partial charge in [0.05, 0.1) is 11.2 Å². The van der Waals surface area contributed by atoms with Crippen LogP contribution in [0.15, 0.2) is 23.3 Å². The van der Waals surface area contributed by atoms with Crippen molar-refractivity contribution < 1.29 is 0 Å². The molecular weight excluding hydrogens is 196 g/mol. The number of thiazole rings is 1. The van der Waals surface area contributed by atoms with Gasteiger partial charge in [-0.1, -0.05) is 0 Å². The van der Waals surface area contributed by atoms with E-state index >= 15 is 0 Å². The zero-order valence-corrected chi connectivity index (χ0v) is 8.95. The molecule has 0 fully saturated rings. The molecule has 4 nitrogen and oxygen atoms in total. The summed E-state index contributed by atoms with van der Waals surface area (Å²) in [6.07, 6.45) is 3.73. The van der Waals surface area contributed by atoms with Crippen molar-refractivity contribution in [3.8, 4) is 0 Å². The van der Waals surface area contributed by atoms with Gasteiger partial charge in [-0.2, -0.15) is 0 Å². The predicted molar refractivity (Wildman–Crippen MR) is 56.2 cm³/mol. The number of aromatic nitrogens is 3. The first-order valence-electron chi connectivity index (χ1n) is 4.35. The summed E-state index contributed by atoms with van der Waals surface area (Å²) >= 11 is 1.60. The summed E-state index contributed by atoms with van der Waals surface area (Å²) in [4.78, 5) is 8.60. The van der Waals surface area contributed by atoms with Gasteiger partial charge < -0.3 is 9.88 Å². The second-order valence-electron chi connectivity index (χ2n) is 3.03. The van der Waals surface area contributed by atoms with E-state index in [-0.39, 0.29) is 6.04 Å². The Kier molecular flexibility index (Phi) is 2.60. The highest BCUT2D eigenvalue weighted by Crippen LogP contribution is 2.19. The van der Waals surface area contributed by atoms with E-state index in [0.29, 0.717) is 0 Å². The molecule has 0 spiro atoms. The normalized spacial score (nSPS) is 13.0. The van der Waals surface area contributed by atoms with Gasteiger partial charge in [0, 0.05) is 24.8 Å². The van der Waals surface area contributed by atoms with Crippen LogP contribution in [0.3, 0.4) is 0 Å². The summed E-state index contributed by atoms with van der Waals surface area (Å²) < 4.78 is 2.00. The zero-order valence-electron chi connectivity index (χ0n) is 8.14. The quantitative estimate of drug-likeness (QED) is 0.823. The van der Waals surface area contributed by atoms with Crippen molar-refractivity contribution in [2.45, 2.75) is 6.04 Å². The van der Waals surface area contributed by atoms with Crippen molar-refractivity contribution >= 4 is 11.3 Å². The third kappa shape index (κ3) is 1.56. The molecule has 2 heterocycles. The number of hydrogen-bond acceptors (Lipinski definition) is 4. The van der Waals surface area contributed by atoms with Crippen LogP contribution in [0, 0.1) is 0 Å². The van der Waals surface area contributed by atoms with Crippen molar-refractivity contribution in [3.05, 3.63) is 34.8 Å². The lowest BCUT2D eigenvalue weighted by atomic mass is 10.2. The zero-order chi connectivity index (χ0) is 9.97. The molecule has 1 N–H and O–H groups in total. The first-order valence-corrected chi connectivity index (χ1v) is 5.29. The van der Waals surface area contributed by atoms with Gasteiger partial charge in [-0.25, -0.2) is 9.97 Å². The summed E-state index contributed by atoms with van der Waals surface area (Å²) in [6.45, 7) is 0. The third-order valence-corrected chi connectivity index (χ3v) is 2.76. The average Bonchev–Trinajstić information content (AvgIpc) is 2.80. The Morgan fingerprint density at radius 2 is 2.36 bits per heavy atom. The molecule has 2 rings (SSSR count). The van der Waals surface area contributed by atoms with Crippen LogP contribution >= 0.6 is 11.3 Å². The molecule has 0 aliphatic heterocycles. The van der Waals surface area contributed by atoms with E-state index in [1.54, 1.807) is 17.5 Å². The molecule has 5 heteroatoms. The van der Waals surface area contributed by atoms with Crippen molar-refractivity contribution in [1.82, 2.24) is 19.9 Å². The number of nitrogens with zero attached hydrogens (tertiary/aromatic N) is 3. The van der Waals surface area contributed by atoms with Crippen LogP contribution in [-0.4, -0.2) is 21.6 Å². The van der Waals surface area contributed by atoms with Gasteiger partial charge in [0.15, 0.2) is 0 Å². The highest BCUT2D eigenvalue weighted by molar-refractivity contribution is 7.07. The van der Waals surface area contributed by atoms with Crippen LogP contribution in [0.25, 0.3) is 0 Å². The van der Waals surface area contributed by atoms with E-state index in [0.717, 1.165) is 11.5 Å². The maximum Gasteiger partial charge on any atom is 0.131 e. The summed E-state index contributed by atoms with van der Waals surface area (Å²) in [5.74, 6) is 0.985. The number of rotatable bonds is 3. The van der Waals surface area contributed by atoms with Crippen LogP contribution in [0.1, 0.15) is 17.6 Å². The van der Waals surface area contributed by atoms with Crippen molar-refractivity contribution in [2.24, 2.45) is 7.05 Å². The van der Waals surface area contributed by atoms with Gasteiger partial charge in [0.25, 0.3) is 0 Å². The lowest BCUT2D eigenvalue weighted by Crippen LogP contribution is -2.21. The fourth-order valence-electron chi connectivity index (χ4n) is 1.43. The van der Waals surface area contributed by atoms with Gasteiger partial charge in [-0.3, -0.25) is 0 Å². The molecule has 2 aromatic rings. The predicted octanol–water partition coefficient (Wildman–Crippen LogP) is 1.19. The maximum absolute atomic E-state index is 4.31. The van der Waals surface area contributed by atoms with Gasteiger partial charge in [0.2, 0.25) is 0 Å². The highest BCUT2D eigenvalue weighted by Gasteiger charge is 2.17. The van der Waals surface area contributed by atoms with E-state index in [2.05, 4.69) is 15.3 Å². The lowest BCUT2D eigenvalue weighted by Gasteiger charge is -2.13. The monoisotopic (exact) mass is 208 g/mol. The standard InChI is InChI=1S/C9H12N4S/c1-10-8(7-5-14-6-12-7)9-11-3-4-13(9)2/h3-6,8,10H,1-2H3. The molecule has 1 unspecified atom stereocenters. The average molecular weight is 208 g/mol. The third-order valence-electron chi connectivity index (χ3n) is 2.15. The molecule has 0 aliphatic rings. The van der Waals surface area contributed by atoms with E-state index in [9.17, 15) is 0 Å². The number of aryl methyl sites for hydroxylation is 1. The van der Waals surface area contributed by atoms with Gasteiger partial charge in [-0.15, -0.1) is 11.3 Å². The second-order valence-corrected chi connectivity index (χ2v) is 3.75. The Morgan fingerprint density at radius 3 is 2.86 bits per heavy atom. The Bertz CT molecular complexity index is 393. The summed E-state index contributed by atoms with van der Waals surface area (Å²) in [6, 6.07) is 0.0845. The number of hydrogen-bond donors (Lipinski definition) is 1. The Morgan fingerprint density at radius 1 is 1.50 bits per heavy atom. The molecule has 0 radical (unpaired) electrons. The van der Waals surface area contributed by atoms with Crippen LogP contribution in [0.4, 0.5) is 0 Å². The maximum atomic E-state index is 4.31. The summed E-state index contributed by atoms with van der Waals surface area (Å²) in [5, 5.41) is 5.25. The first kappa shape index (κ1) is 9.36. The second kappa shape index (κ2) is 3.89. The Hall–Kier alpha value is -1.20. The molecule has 0 aliphatic carbocycles. The fraction of sp³-hybridized carbons (Fsp3) is 0.333. The molecule has 0 bridgehead atoms. The molecule has 0 saturated carbocycles. The minimum Gasteiger partial charge on any atom is -0.336 e. The van der Waals surface area contributed by atoms with Crippen LogP contribution < -0.4 is 5.32 Å². The summed E-state index contributed by atoms with van der Waals surface area (Å²) in [5.41, 5.74) is 2.86. The lowest BCUT2D eigenvalue weighted by molar-refractivity contribution is 0.606. The van der Waals surface area contributed by atoms with Crippen molar-refractivity contribution in [1.29, 1.82) is 0 Å². The Labute approximate surface area is 86.6 Å². The van der Waals surface area contributed by atoms with E-state index in [1.165, 1.54) is 0 Å². The minimum atomic E-state index is 0.0845. The van der Waals surface area contributed by atoms with Crippen LogP contribution in [-0.2, 0) is 7.05 Å². The molecule has 74 valence electrons. The number of nitrogens with one attached hydrogen (secondary N) is 1. The molecule has 2 aromatic heterocycles. The largest absolute Gasteiger partial charge is 0.336 e. The Balaban J connectivity index is 2.36. The van der Waals surface area contributed by atoms with E-state index < -0.39 is 0 Å². The molecule has 1 atom stereocenters. The molecule has 0 saturated heterocycles. The minimum absolute atomic E-state index is 0.0845. The molecular formula is C9H12N4S. The van der Waals surface area contributed by atoms with Gasteiger partial charge in [-0.05, 0) is 7.05 Å². The van der Waals surface area contributed by atoms with Crippen molar-refractivity contribution in [2.75, 3.05) is 7.05 Å². The van der Waals surface area contributed by atoms with Gasteiger partial charge in [0.1, 0.15) is 11.9 Å². The smallest absolute Gasteiger partial charge is 0.131 e. The van der Waals surface area contributed by atoms with Crippen LogP contribution in [0.5, 0.6) is 0 Å². The topological polar surface area (TPSA) is 42.7 Å². The van der Waals surface area contributed by atoms with Crippen molar-refractivity contribution in [3.63, 3.8) is 0 Å². The van der Waals surface area contributed by atoms with E-state index in [1.807, 2.05) is 35.7 Å². The molecule has 14 heavy (non-hydrogen) atoms. The van der Waals surface area contributed by atoms with Gasteiger partial charge >= 0.3 is 0 Å². The molecule has 0 aromatic carbocycles. The number of imidazole rings is 1. The summed E-state index contributed by atoms with van der Waals surface area (Å²) in [7, 11) is 3.90. The van der Waals surface area contributed by atoms with Crippen LogP contribution in [0.2, 0.25) is 0 Å². The molecule has 0 amide bonds. The highest BCUT2D eigenvalue weighted by atomic mass is 32.1. The first-order chi connectivity index (χ1) is 6.83. The fourth-order valence-corrected chi connectivity index (χ4v) is 2.01.